The Hall–Kier alpha value is -0.860. The summed E-state index contributed by atoms with van der Waals surface area (Å²) in [5, 5.41) is 0.723. The van der Waals surface area contributed by atoms with Gasteiger partial charge in [0.15, 0.2) is 0 Å². The number of hydrogen-bond acceptors (Lipinski definition) is 2. The Morgan fingerprint density at radius 1 is 1.15 bits per heavy atom. The smallest absolute Gasteiger partial charge is 0.130 e. The van der Waals surface area contributed by atoms with Crippen molar-refractivity contribution in [2.24, 2.45) is 11.7 Å². The molecular formula is C17H24ClNO. The van der Waals surface area contributed by atoms with E-state index in [0.29, 0.717) is 0 Å². The Morgan fingerprint density at radius 2 is 1.75 bits per heavy atom. The number of halogens is 1. The summed E-state index contributed by atoms with van der Waals surface area (Å²) in [6.45, 7) is 0.917. The summed E-state index contributed by atoms with van der Waals surface area (Å²) in [6, 6.07) is 7.54. The summed E-state index contributed by atoms with van der Waals surface area (Å²) < 4.78 is 0. The zero-order valence-corrected chi connectivity index (χ0v) is 12.7. The number of rotatable bonds is 3. The van der Waals surface area contributed by atoms with E-state index in [9.17, 15) is 4.79 Å². The molecule has 0 aromatic heterocycles. The van der Waals surface area contributed by atoms with Gasteiger partial charge in [-0.15, -0.1) is 0 Å². The Labute approximate surface area is 126 Å². The van der Waals surface area contributed by atoms with Crippen molar-refractivity contribution in [3.63, 3.8) is 0 Å². The lowest BCUT2D eigenvalue weighted by Gasteiger charge is -2.18. The van der Waals surface area contributed by atoms with Gasteiger partial charge in [0.1, 0.15) is 6.29 Å². The molecule has 110 valence electrons. The summed E-state index contributed by atoms with van der Waals surface area (Å²) in [6.07, 6.45) is 10.1. The van der Waals surface area contributed by atoms with Crippen LogP contribution in [0.5, 0.6) is 0 Å². The van der Waals surface area contributed by atoms with Crippen LogP contribution in [0.2, 0.25) is 5.02 Å². The standard InChI is InChI=1S/C10H9ClO.C7H15N/c11-9-3-1-8(2-4-9)10(7-12)5-6-10;8-6-7-4-2-1-3-5-7/h1-4,7H,5-6H2;7H,1-6,8H2. The van der Waals surface area contributed by atoms with Crippen LogP contribution in [-0.2, 0) is 10.2 Å². The third-order valence-electron chi connectivity index (χ3n) is 4.49. The van der Waals surface area contributed by atoms with Gasteiger partial charge in [-0.3, -0.25) is 0 Å². The molecule has 3 heteroatoms. The van der Waals surface area contributed by atoms with Gasteiger partial charge in [0, 0.05) is 5.02 Å². The molecule has 2 aliphatic carbocycles. The second-order valence-corrected chi connectivity index (χ2v) is 6.46. The quantitative estimate of drug-likeness (QED) is 0.853. The Bertz CT molecular complexity index is 419. The summed E-state index contributed by atoms with van der Waals surface area (Å²) in [5.74, 6) is 0.865. The summed E-state index contributed by atoms with van der Waals surface area (Å²) in [7, 11) is 0. The second-order valence-electron chi connectivity index (χ2n) is 6.02. The van der Waals surface area contributed by atoms with Crippen LogP contribution in [0.1, 0.15) is 50.5 Å². The highest BCUT2D eigenvalue weighted by Crippen LogP contribution is 2.46. The average Bonchev–Trinajstić information content (AvgIpc) is 3.31. The molecule has 20 heavy (non-hydrogen) atoms. The minimum absolute atomic E-state index is 0.162. The van der Waals surface area contributed by atoms with Crippen molar-refractivity contribution in [1.82, 2.24) is 0 Å². The molecule has 0 aliphatic heterocycles. The highest BCUT2D eigenvalue weighted by atomic mass is 35.5. The molecule has 0 atom stereocenters. The molecular weight excluding hydrogens is 270 g/mol. The van der Waals surface area contributed by atoms with E-state index in [-0.39, 0.29) is 5.41 Å². The Balaban J connectivity index is 0.000000160. The molecule has 2 nitrogen and oxygen atoms in total. The molecule has 0 heterocycles. The summed E-state index contributed by atoms with van der Waals surface area (Å²) >= 11 is 5.74. The molecule has 2 saturated carbocycles. The van der Waals surface area contributed by atoms with E-state index in [0.717, 1.165) is 42.2 Å². The lowest BCUT2D eigenvalue weighted by atomic mass is 9.90. The maximum Gasteiger partial charge on any atom is 0.130 e. The number of aldehydes is 1. The Kier molecular flexibility index (Phi) is 5.62. The number of carbonyl (C=O) groups is 1. The molecule has 0 radical (unpaired) electrons. The van der Waals surface area contributed by atoms with E-state index in [1.807, 2.05) is 24.3 Å². The first-order chi connectivity index (χ1) is 9.70. The minimum atomic E-state index is -0.162. The lowest BCUT2D eigenvalue weighted by Crippen LogP contribution is -2.16. The van der Waals surface area contributed by atoms with Crippen LogP contribution >= 0.6 is 11.6 Å². The fourth-order valence-corrected chi connectivity index (χ4v) is 2.94. The van der Waals surface area contributed by atoms with Crippen molar-refractivity contribution in [2.75, 3.05) is 6.54 Å². The average molecular weight is 294 g/mol. The first kappa shape index (κ1) is 15.5. The molecule has 0 unspecified atom stereocenters. The van der Waals surface area contributed by atoms with Crippen LogP contribution in [0.25, 0.3) is 0 Å². The van der Waals surface area contributed by atoms with E-state index >= 15 is 0 Å². The van der Waals surface area contributed by atoms with Crippen molar-refractivity contribution in [1.29, 1.82) is 0 Å². The van der Waals surface area contributed by atoms with Gasteiger partial charge in [0.25, 0.3) is 0 Å². The zero-order valence-electron chi connectivity index (χ0n) is 12.0. The van der Waals surface area contributed by atoms with E-state index in [1.54, 1.807) is 0 Å². The predicted molar refractivity (Wildman–Crippen MR) is 84.1 cm³/mol. The number of benzene rings is 1. The van der Waals surface area contributed by atoms with Gasteiger partial charge in [-0.2, -0.15) is 0 Å². The maximum absolute atomic E-state index is 10.7. The van der Waals surface area contributed by atoms with Gasteiger partial charge in [-0.05, 0) is 55.8 Å². The van der Waals surface area contributed by atoms with Crippen LogP contribution in [-0.4, -0.2) is 12.8 Å². The molecule has 1 aromatic rings. The normalized spacial score (nSPS) is 20.7. The molecule has 2 fully saturated rings. The highest BCUT2D eigenvalue weighted by molar-refractivity contribution is 6.30. The monoisotopic (exact) mass is 293 g/mol. The van der Waals surface area contributed by atoms with Crippen LogP contribution in [0.15, 0.2) is 24.3 Å². The van der Waals surface area contributed by atoms with Crippen LogP contribution in [0.3, 0.4) is 0 Å². The molecule has 0 bridgehead atoms. The molecule has 0 saturated heterocycles. The molecule has 2 aliphatic rings. The van der Waals surface area contributed by atoms with Crippen molar-refractivity contribution in [2.45, 2.75) is 50.4 Å². The van der Waals surface area contributed by atoms with Gasteiger partial charge in [0.2, 0.25) is 0 Å². The van der Waals surface area contributed by atoms with Crippen molar-refractivity contribution >= 4 is 17.9 Å². The van der Waals surface area contributed by atoms with Crippen molar-refractivity contribution in [3.05, 3.63) is 34.9 Å². The minimum Gasteiger partial charge on any atom is -0.330 e. The molecule has 2 N–H and O–H groups in total. The Morgan fingerprint density at radius 3 is 2.15 bits per heavy atom. The third kappa shape index (κ3) is 4.07. The van der Waals surface area contributed by atoms with Crippen molar-refractivity contribution in [3.8, 4) is 0 Å². The zero-order chi connectivity index (χ0) is 14.4. The molecule has 0 spiro atoms. The third-order valence-corrected chi connectivity index (χ3v) is 4.74. The fraction of sp³-hybridized carbons (Fsp3) is 0.588. The lowest BCUT2D eigenvalue weighted by molar-refractivity contribution is -0.109. The molecule has 1 aromatic carbocycles. The SMILES string of the molecule is NCC1CCCCC1.O=CC1(c2ccc(Cl)cc2)CC1. The van der Waals surface area contributed by atoms with Gasteiger partial charge in [-0.1, -0.05) is 43.0 Å². The van der Waals surface area contributed by atoms with E-state index < -0.39 is 0 Å². The first-order valence-electron chi connectivity index (χ1n) is 7.62. The summed E-state index contributed by atoms with van der Waals surface area (Å²) in [5.41, 5.74) is 6.44. The number of nitrogens with two attached hydrogens (primary N) is 1. The van der Waals surface area contributed by atoms with Gasteiger partial charge < -0.3 is 10.5 Å². The predicted octanol–water partition coefficient (Wildman–Crippen LogP) is 4.10. The van der Waals surface area contributed by atoms with Crippen LogP contribution in [0, 0.1) is 5.92 Å². The van der Waals surface area contributed by atoms with E-state index in [2.05, 4.69) is 0 Å². The number of carbonyl (C=O) groups excluding carboxylic acids is 1. The van der Waals surface area contributed by atoms with Crippen LogP contribution < -0.4 is 5.73 Å². The van der Waals surface area contributed by atoms with E-state index in [4.69, 9.17) is 17.3 Å². The highest BCUT2D eigenvalue weighted by Gasteiger charge is 2.43. The van der Waals surface area contributed by atoms with Gasteiger partial charge >= 0.3 is 0 Å². The molecule has 3 rings (SSSR count). The first-order valence-corrected chi connectivity index (χ1v) is 8.00. The molecule has 0 amide bonds. The van der Waals surface area contributed by atoms with Gasteiger partial charge in [-0.25, -0.2) is 0 Å². The van der Waals surface area contributed by atoms with Crippen molar-refractivity contribution < 1.29 is 4.79 Å². The van der Waals surface area contributed by atoms with Crippen LogP contribution in [0.4, 0.5) is 0 Å². The van der Waals surface area contributed by atoms with E-state index in [1.165, 1.54) is 32.1 Å². The topological polar surface area (TPSA) is 43.1 Å². The fourth-order valence-electron chi connectivity index (χ4n) is 2.81. The largest absolute Gasteiger partial charge is 0.330 e. The maximum atomic E-state index is 10.7. The number of hydrogen-bond donors (Lipinski definition) is 1. The van der Waals surface area contributed by atoms with Gasteiger partial charge in [0.05, 0.1) is 5.41 Å². The summed E-state index contributed by atoms with van der Waals surface area (Å²) in [4.78, 5) is 10.7. The second kappa shape index (κ2) is 7.24.